The third-order valence-corrected chi connectivity index (χ3v) is 3.75. The number of anilines is 2. The van der Waals surface area contributed by atoms with Crippen LogP contribution in [0.1, 0.15) is 5.69 Å². The maximum Gasteiger partial charge on any atom is 0.433 e. The van der Waals surface area contributed by atoms with Gasteiger partial charge in [-0.25, -0.2) is 4.98 Å². The van der Waals surface area contributed by atoms with Crippen molar-refractivity contribution in [2.24, 2.45) is 0 Å². The van der Waals surface area contributed by atoms with Gasteiger partial charge < -0.3 is 9.80 Å². The van der Waals surface area contributed by atoms with Gasteiger partial charge in [-0.3, -0.25) is 4.98 Å². The maximum absolute atomic E-state index is 13.2. The first-order valence-electron chi connectivity index (χ1n) is 7.08. The van der Waals surface area contributed by atoms with Gasteiger partial charge in [0.2, 0.25) is 5.95 Å². The Morgan fingerprint density at radius 1 is 0.826 bits per heavy atom. The lowest BCUT2D eigenvalue weighted by atomic mass is 10.2. The molecule has 1 aliphatic rings. The number of alkyl halides is 3. The zero-order valence-corrected chi connectivity index (χ0v) is 12.1. The molecule has 3 heterocycles. The molecule has 0 bridgehead atoms. The van der Waals surface area contributed by atoms with E-state index in [2.05, 4.69) is 9.97 Å². The number of piperazine rings is 1. The molecule has 0 spiro atoms. The number of pyridine rings is 2. The molecule has 0 unspecified atom stereocenters. The van der Waals surface area contributed by atoms with Crippen LogP contribution in [0.25, 0.3) is 0 Å². The summed E-state index contributed by atoms with van der Waals surface area (Å²) < 4.78 is 51.3. The van der Waals surface area contributed by atoms with E-state index in [1.807, 2.05) is 9.80 Å². The van der Waals surface area contributed by atoms with Crippen LogP contribution in [0.2, 0.25) is 0 Å². The molecule has 2 aromatic heterocycles. The maximum atomic E-state index is 13.2. The molecule has 0 saturated carbocycles. The fraction of sp³-hybridized carbons (Fsp3) is 0.333. The van der Waals surface area contributed by atoms with Crippen LogP contribution in [0.4, 0.5) is 28.9 Å². The molecule has 2 aromatic rings. The Labute approximate surface area is 130 Å². The van der Waals surface area contributed by atoms with Crippen molar-refractivity contribution < 1.29 is 17.6 Å². The Hall–Kier alpha value is -2.38. The zero-order chi connectivity index (χ0) is 16.4. The smallest absolute Gasteiger partial charge is 0.368 e. The molecule has 23 heavy (non-hydrogen) atoms. The summed E-state index contributed by atoms with van der Waals surface area (Å²) in [6, 6.07) is 5.69. The molecule has 0 aliphatic carbocycles. The van der Waals surface area contributed by atoms with E-state index in [9.17, 15) is 17.6 Å². The van der Waals surface area contributed by atoms with Crippen molar-refractivity contribution in [1.82, 2.24) is 9.97 Å². The van der Waals surface area contributed by atoms with E-state index in [0.29, 0.717) is 31.9 Å². The minimum absolute atomic E-state index is 0.493. The second-order valence-electron chi connectivity index (χ2n) is 5.21. The number of hydrogen-bond acceptors (Lipinski definition) is 4. The topological polar surface area (TPSA) is 32.3 Å². The van der Waals surface area contributed by atoms with Crippen molar-refractivity contribution in [3.8, 4) is 0 Å². The minimum Gasteiger partial charge on any atom is -0.368 e. The number of hydrogen-bond donors (Lipinski definition) is 0. The molecular weight excluding hydrogens is 312 g/mol. The average molecular weight is 326 g/mol. The van der Waals surface area contributed by atoms with Crippen molar-refractivity contribution in [1.29, 1.82) is 0 Å². The SMILES string of the molecule is Fc1cc(N2CCN(c3ccnc(C(F)(F)F)c3)CC2)ccn1. The monoisotopic (exact) mass is 326 g/mol. The summed E-state index contributed by atoms with van der Waals surface area (Å²) in [5.74, 6) is -0.547. The van der Waals surface area contributed by atoms with Crippen molar-refractivity contribution in [3.05, 3.63) is 48.3 Å². The van der Waals surface area contributed by atoms with Gasteiger partial charge in [-0.05, 0) is 18.2 Å². The zero-order valence-electron chi connectivity index (χ0n) is 12.1. The summed E-state index contributed by atoms with van der Waals surface area (Å²) in [6.45, 7) is 2.27. The fourth-order valence-corrected chi connectivity index (χ4v) is 2.58. The highest BCUT2D eigenvalue weighted by Gasteiger charge is 2.33. The van der Waals surface area contributed by atoms with Gasteiger partial charge in [0, 0.05) is 56.0 Å². The minimum atomic E-state index is -4.45. The van der Waals surface area contributed by atoms with E-state index in [1.165, 1.54) is 18.5 Å². The van der Waals surface area contributed by atoms with Gasteiger partial charge in [0.15, 0.2) is 0 Å². The molecule has 8 heteroatoms. The first kappa shape index (κ1) is 15.5. The number of aromatic nitrogens is 2. The summed E-state index contributed by atoms with van der Waals surface area (Å²) in [6.07, 6.45) is -1.88. The van der Waals surface area contributed by atoms with Gasteiger partial charge in [-0.2, -0.15) is 17.6 Å². The summed E-state index contributed by atoms with van der Waals surface area (Å²) in [5, 5.41) is 0. The average Bonchev–Trinajstić information content (AvgIpc) is 2.54. The van der Waals surface area contributed by atoms with E-state index in [-0.39, 0.29) is 0 Å². The fourth-order valence-electron chi connectivity index (χ4n) is 2.58. The standard InChI is InChI=1S/C15H14F4N4/c16-14-10-12(2-4-21-14)23-7-5-22(6-8-23)11-1-3-20-13(9-11)15(17,18)19/h1-4,9-10H,5-8H2. The first-order chi connectivity index (χ1) is 10.9. The molecule has 1 fully saturated rings. The predicted molar refractivity (Wildman–Crippen MR) is 77.9 cm³/mol. The Bertz CT molecular complexity index is 681. The van der Waals surface area contributed by atoms with Crippen LogP contribution in [0.5, 0.6) is 0 Å². The van der Waals surface area contributed by atoms with Crippen LogP contribution in [-0.2, 0) is 6.18 Å². The van der Waals surface area contributed by atoms with Crippen LogP contribution in [0.15, 0.2) is 36.7 Å². The van der Waals surface area contributed by atoms with Crippen LogP contribution >= 0.6 is 0 Å². The summed E-state index contributed by atoms with van der Waals surface area (Å²) in [7, 11) is 0. The van der Waals surface area contributed by atoms with Gasteiger partial charge in [0.05, 0.1) is 0 Å². The normalized spacial score (nSPS) is 15.8. The Balaban J connectivity index is 1.70. The van der Waals surface area contributed by atoms with Crippen LogP contribution in [0.3, 0.4) is 0 Å². The van der Waals surface area contributed by atoms with Gasteiger partial charge >= 0.3 is 6.18 Å². The largest absolute Gasteiger partial charge is 0.433 e. The van der Waals surface area contributed by atoms with Crippen molar-refractivity contribution >= 4 is 11.4 Å². The second kappa shape index (κ2) is 6.02. The molecule has 122 valence electrons. The van der Waals surface area contributed by atoms with Gasteiger partial charge in [-0.1, -0.05) is 0 Å². The highest BCUT2D eigenvalue weighted by atomic mass is 19.4. The molecule has 3 rings (SSSR count). The van der Waals surface area contributed by atoms with Crippen molar-refractivity contribution in [2.45, 2.75) is 6.18 Å². The van der Waals surface area contributed by atoms with Crippen LogP contribution < -0.4 is 9.80 Å². The molecule has 0 amide bonds. The van der Waals surface area contributed by atoms with Crippen LogP contribution in [0, 0.1) is 5.95 Å². The van der Waals surface area contributed by atoms with Crippen molar-refractivity contribution in [2.75, 3.05) is 36.0 Å². The second-order valence-corrected chi connectivity index (χ2v) is 5.21. The number of rotatable bonds is 2. The van der Waals surface area contributed by atoms with Gasteiger partial charge in [0.25, 0.3) is 0 Å². The predicted octanol–water partition coefficient (Wildman–Crippen LogP) is 2.96. The van der Waals surface area contributed by atoms with E-state index >= 15 is 0 Å². The highest BCUT2D eigenvalue weighted by molar-refractivity contribution is 5.51. The lowest BCUT2D eigenvalue weighted by Gasteiger charge is -2.37. The molecular formula is C15H14F4N4. The third kappa shape index (κ3) is 3.52. The Kier molecular flexibility index (Phi) is 4.06. The van der Waals surface area contributed by atoms with E-state index in [4.69, 9.17) is 0 Å². The van der Waals surface area contributed by atoms with E-state index in [0.717, 1.165) is 11.8 Å². The quantitative estimate of drug-likeness (QED) is 0.627. The van der Waals surface area contributed by atoms with Gasteiger partial charge in [-0.15, -0.1) is 0 Å². The molecule has 0 N–H and O–H groups in total. The first-order valence-corrected chi connectivity index (χ1v) is 7.08. The molecule has 0 radical (unpaired) electrons. The molecule has 0 atom stereocenters. The molecule has 1 saturated heterocycles. The molecule has 4 nitrogen and oxygen atoms in total. The number of nitrogens with zero attached hydrogens (tertiary/aromatic N) is 4. The Morgan fingerprint density at radius 2 is 1.35 bits per heavy atom. The van der Waals surface area contributed by atoms with Crippen LogP contribution in [-0.4, -0.2) is 36.1 Å². The molecule has 1 aliphatic heterocycles. The summed E-state index contributed by atoms with van der Waals surface area (Å²) >= 11 is 0. The van der Waals surface area contributed by atoms with Gasteiger partial charge in [0.1, 0.15) is 5.69 Å². The summed E-state index contributed by atoms with van der Waals surface area (Å²) in [5.41, 5.74) is 0.323. The lowest BCUT2D eigenvalue weighted by Crippen LogP contribution is -2.46. The van der Waals surface area contributed by atoms with E-state index < -0.39 is 17.8 Å². The number of halogens is 4. The highest BCUT2D eigenvalue weighted by Crippen LogP contribution is 2.30. The summed E-state index contributed by atoms with van der Waals surface area (Å²) in [4.78, 5) is 10.7. The lowest BCUT2D eigenvalue weighted by molar-refractivity contribution is -0.141. The Morgan fingerprint density at radius 3 is 1.87 bits per heavy atom. The molecule has 0 aromatic carbocycles. The van der Waals surface area contributed by atoms with Crippen molar-refractivity contribution in [3.63, 3.8) is 0 Å². The third-order valence-electron chi connectivity index (χ3n) is 3.75. The van der Waals surface area contributed by atoms with E-state index in [1.54, 1.807) is 12.1 Å².